The Morgan fingerprint density at radius 3 is 2.65 bits per heavy atom. The lowest BCUT2D eigenvalue weighted by Crippen LogP contribution is -2.21. The number of ether oxygens (including phenoxy) is 1. The molecule has 0 spiro atoms. The van der Waals surface area contributed by atoms with Crippen molar-refractivity contribution in [2.24, 2.45) is 0 Å². The fourth-order valence-corrected chi connectivity index (χ4v) is 1.57. The molecule has 17 heavy (non-hydrogen) atoms. The normalized spacial score (nSPS) is 10.2. The Labute approximate surface area is 100 Å². The summed E-state index contributed by atoms with van der Waals surface area (Å²) in [5.41, 5.74) is 0.997. The third-order valence-corrected chi connectivity index (χ3v) is 2.50. The molecular formula is C14H15NO2. The van der Waals surface area contributed by atoms with Crippen LogP contribution < -0.4 is 10.3 Å². The monoisotopic (exact) mass is 229 g/mol. The van der Waals surface area contributed by atoms with Crippen LogP contribution in [0, 0.1) is 6.92 Å². The first-order valence-corrected chi connectivity index (χ1v) is 5.60. The van der Waals surface area contributed by atoms with Crippen LogP contribution in [0.25, 0.3) is 0 Å². The zero-order chi connectivity index (χ0) is 12.1. The number of aryl methyl sites for hydroxylation is 1. The molecule has 0 aliphatic heterocycles. The number of aromatic nitrogens is 1. The molecule has 1 aromatic heterocycles. The van der Waals surface area contributed by atoms with Gasteiger partial charge in [-0.3, -0.25) is 4.79 Å². The first-order chi connectivity index (χ1) is 8.25. The van der Waals surface area contributed by atoms with E-state index in [4.69, 9.17) is 4.74 Å². The molecule has 1 heterocycles. The summed E-state index contributed by atoms with van der Waals surface area (Å²) >= 11 is 0. The molecule has 2 rings (SSSR count). The van der Waals surface area contributed by atoms with Crippen LogP contribution in [0.5, 0.6) is 5.75 Å². The highest BCUT2D eigenvalue weighted by atomic mass is 16.5. The minimum atomic E-state index is 0.0154. The quantitative estimate of drug-likeness (QED) is 0.805. The van der Waals surface area contributed by atoms with Crippen LogP contribution in [0.1, 0.15) is 5.56 Å². The van der Waals surface area contributed by atoms with Crippen LogP contribution in [0.4, 0.5) is 0 Å². The van der Waals surface area contributed by atoms with Crippen molar-refractivity contribution in [1.82, 2.24) is 4.57 Å². The summed E-state index contributed by atoms with van der Waals surface area (Å²) in [6, 6.07) is 13.1. The summed E-state index contributed by atoms with van der Waals surface area (Å²) < 4.78 is 7.18. The first kappa shape index (κ1) is 11.5. The molecule has 0 fully saturated rings. The molecule has 0 amide bonds. The predicted octanol–water partition coefficient (Wildman–Crippen LogP) is 2.24. The number of hydrogen-bond acceptors (Lipinski definition) is 2. The number of nitrogens with zero attached hydrogens (tertiary/aromatic N) is 1. The minimum Gasteiger partial charge on any atom is -0.492 e. The maximum absolute atomic E-state index is 11.6. The van der Waals surface area contributed by atoms with E-state index >= 15 is 0 Å². The van der Waals surface area contributed by atoms with Gasteiger partial charge in [0.1, 0.15) is 12.4 Å². The fraction of sp³-hybridized carbons (Fsp3) is 0.214. The average Bonchev–Trinajstić information content (AvgIpc) is 2.33. The molecule has 3 nitrogen and oxygen atoms in total. The summed E-state index contributed by atoms with van der Waals surface area (Å²) in [5.74, 6) is 0.827. The van der Waals surface area contributed by atoms with Crippen molar-refractivity contribution in [1.29, 1.82) is 0 Å². The Morgan fingerprint density at radius 1 is 1.18 bits per heavy atom. The van der Waals surface area contributed by atoms with Crippen LogP contribution >= 0.6 is 0 Å². The van der Waals surface area contributed by atoms with Gasteiger partial charge in [-0.05, 0) is 30.7 Å². The summed E-state index contributed by atoms with van der Waals surface area (Å²) in [6.45, 7) is 2.97. The Bertz CT molecular complexity index is 531. The number of pyridine rings is 1. The van der Waals surface area contributed by atoms with Crippen molar-refractivity contribution in [3.63, 3.8) is 0 Å². The van der Waals surface area contributed by atoms with Gasteiger partial charge in [0.05, 0.1) is 6.54 Å². The Balaban J connectivity index is 1.93. The molecular weight excluding hydrogens is 214 g/mol. The minimum absolute atomic E-state index is 0.0154. The van der Waals surface area contributed by atoms with Crippen LogP contribution in [0.2, 0.25) is 0 Å². The van der Waals surface area contributed by atoms with Gasteiger partial charge < -0.3 is 9.30 Å². The molecule has 3 heteroatoms. The van der Waals surface area contributed by atoms with Crippen molar-refractivity contribution in [2.45, 2.75) is 13.5 Å². The standard InChI is InChI=1S/C14H15NO2/c1-12-7-8-15(14(16)11-12)9-10-17-13-5-3-2-4-6-13/h2-8,11H,9-10H2,1H3. The number of para-hydroxylation sites is 1. The SMILES string of the molecule is Cc1ccn(CCOc2ccccc2)c(=O)c1. The lowest BCUT2D eigenvalue weighted by Gasteiger charge is -2.08. The van der Waals surface area contributed by atoms with Crippen molar-refractivity contribution >= 4 is 0 Å². The van der Waals surface area contributed by atoms with Gasteiger partial charge in [-0.25, -0.2) is 0 Å². The van der Waals surface area contributed by atoms with E-state index in [1.807, 2.05) is 43.3 Å². The molecule has 1 aromatic carbocycles. The molecule has 0 N–H and O–H groups in total. The summed E-state index contributed by atoms with van der Waals surface area (Å²) in [7, 11) is 0. The second-order valence-corrected chi connectivity index (χ2v) is 3.90. The van der Waals surface area contributed by atoms with Gasteiger partial charge >= 0.3 is 0 Å². The van der Waals surface area contributed by atoms with E-state index in [9.17, 15) is 4.79 Å². The lowest BCUT2D eigenvalue weighted by molar-refractivity contribution is 0.296. The topological polar surface area (TPSA) is 31.2 Å². The van der Waals surface area contributed by atoms with Crippen molar-refractivity contribution in [3.8, 4) is 5.75 Å². The van der Waals surface area contributed by atoms with Gasteiger partial charge in [0.2, 0.25) is 0 Å². The van der Waals surface area contributed by atoms with E-state index in [1.165, 1.54) is 0 Å². The number of hydrogen-bond donors (Lipinski definition) is 0. The van der Waals surface area contributed by atoms with E-state index in [1.54, 1.807) is 16.8 Å². The smallest absolute Gasteiger partial charge is 0.250 e. The van der Waals surface area contributed by atoms with Gasteiger partial charge in [0.25, 0.3) is 5.56 Å². The molecule has 0 saturated heterocycles. The van der Waals surface area contributed by atoms with Crippen molar-refractivity contribution in [2.75, 3.05) is 6.61 Å². The highest BCUT2D eigenvalue weighted by molar-refractivity contribution is 5.20. The van der Waals surface area contributed by atoms with Gasteiger partial charge in [-0.15, -0.1) is 0 Å². The Morgan fingerprint density at radius 2 is 1.94 bits per heavy atom. The van der Waals surface area contributed by atoms with Crippen molar-refractivity contribution < 1.29 is 4.74 Å². The zero-order valence-corrected chi connectivity index (χ0v) is 9.80. The Hall–Kier alpha value is -2.03. The van der Waals surface area contributed by atoms with E-state index in [0.29, 0.717) is 13.2 Å². The maximum atomic E-state index is 11.6. The molecule has 0 bridgehead atoms. The third-order valence-electron chi connectivity index (χ3n) is 2.50. The highest BCUT2D eigenvalue weighted by Crippen LogP contribution is 2.07. The van der Waals surface area contributed by atoms with Gasteiger partial charge in [0.15, 0.2) is 0 Å². The van der Waals surface area contributed by atoms with E-state index in [0.717, 1.165) is 11.3 Å². The second-order valence-electron chi connectivity index (χ2n) is 3.90. The van der Waals surface area contributed by atoms with Crippen molar-refractivity contribution in [3.05, 3.63) is 64.6 Å². The van der Waals surface area contributed by atoms with Gasteiger partial charge in [-0.1, -0.05) is 18.2 Å². The molecule has 0 aliphatic rings. The molecule has 88 valence electrons. The predicted molar refractivity (Wildman–Crippen MR) is 67.4 cm³/mol. The average molecular weight is 229 g/mol. The molecule has 2 aromatic rings. The van der Waals surface area contributed by atoms with Crippen LogP contribution in [-0.2, 0) is 6.54 Å². The second kappa shape index (κ2) is 5.34. The Kier molecular flexibility index (Phi) is 3.60. The largest absolute Gasteiger partial charge is 0.492 e. The zero-order valence-electron chi connectivity index (χ0n) is 9.80. The van der Waals surface area contributed by atoms with E-state index < -0.39 is 0 Å². The molecule has 0 aliphatic carbocycles. The lowest BCUT2D eigenvalue weighted by atomic mass is 10.3. The number of rotatable bonds is 4. The first-order valence-electron chi connectivity index (χ1n) is 5.60. The third kappa shape index (κ3) is 3.21. The summed E-state index contributed by atoms with van der Waals surface area (Å²) in [5, 5.41) is 0. The molecule has 0 atom stereocenters. The summed E-state index contributed by atoms with van der Waals surface area (Å²) in [6.07, 6.45) is 1.80. The number of benzene rings is 1. The maximum Gasteiger partial charge on any atom is 0.250 e. The van der Waals surface area contributed by atoms with Crippen LogP contribution in [0.3, 0.4) is 0 Å². The van der Waals surface area contributed by atoms with Gasteiger partial charge in [-0.2, -0.15) is 0 Å². The van der Waals surface area contributed by atoms with Crippen LogP contribution in [-0.4, -0.2) is 11.2 Å². The van der Waals surface area contributed by atoms with Gasteiger partial charge in [0, 0.05) is 12.3 Å². The molecule has 0 radical (unpaired) electrons. The van der Waals surface area contributed by atoms with E-state index in [2.05, 4.69) is 0 Å². The summed E-state index contributed by atoms with van der Waals surface area (Å²) in [4.78, 5) is 11.6. The van der Waals surface area contributed by atoms with E-state index in [-0.39, 0.29) is 5.56 Å². The molecule has 0 saturated carbocycles. The fourth-order valence-electron chi connectivity index (χ4n) is 1.57. The van der Waals surface area contributed by atoms with Crippen LogP contribution in [0.15, 0.2) is 53.5 Å². The molecule has 0 unspecified atom stereocenters. The highest BCUT2D eigenvalue weighted by Gasteiger charge is 1.96.